The maximum absolute atomic E-state index is 12.7. The molecule has 0 aliphatic heterocycles. The van der Waals surface area contributed by atoms with E-state index in [1.165, 1.54) is 36.4 Å². The first-order valence-electron chi connectivity index (χ1n) is 10.2. The normalized spacial score (nSPS) is 11.1. The molecule has 0 aliphatic carbocycles. The summed E-state index contributed by atoms with van der Waals surface area (Å²) in [4.78, 5) is 41.5. The molecule has 10 nitrogen and oxygen atoms in total. The van der Waals surface area contributed by atoms with E-state index < -0.39 is 17.8 Å². The van der Waals surface area contributed by atoms with Crippen LogP contribution in [0.15, 0.2) is 77.3 Å². The standard InChI is InChI=1S/C24H20ClN3O7S/c25-20-12-16(22(30)27-13-15-2-1-3-17(29)10-15)6-9-19(20)23(31)28-21(24(32)33)11-14-4-7-18(8-5-14)36-35-34-26/h1-12,29H,13,26H2,(H,27,30)(H,28,31)(H,32,33)/b21-11-. The summed E-state index contributed by atoms with van der Waals surface area (Å²) in [6.07, 6.45) is 1.27. The number of carbonyl (C=O) groups is 3. The fourth-order valence-corrected chi connectivity index (χ4v) is 3.61. The lowest BCUT2D eigenvalue weighted by atomic mass is 10.1. The minimum atomic E-state index is -1.36. The first-order chi connectivity index (χ1) is 17.3. The molecule has 0 atom stereocenters. The summed E-state index contributed by atoms with van der Waals surface area (Å²) >= 11 is 7.08. The van der Waals surface area contributed by atoms with Gasteiger partial charge in [0.2, 0.25) is 0 Å². The lowest BCUT2D eigenvalue weighted by Gasteiger charge is -2.10. The maximum atomic E-state index is 12.7. The molecule has 0 radical (unpaired) electrons. The first kappa shape index (κ1) is 26.7. The van der Waals surface area contributed by atoms with Crippen LogP contribution in [0.4, 0.5) is 0 Å². The number of carboxylic acids is 1. The number of aromatic hydroxyl groups is 1. The van der Waals surface area contributed by atoms with Gasteiger partial charge in [0, 0.05) is 17.0 Å². The number of hydrogen-bond acceptors (Lipinski definition) is 8. The third-order valence-corrected chi connectivity index (χ3v) is 5.60. The molecule has 0 aliphatic rings. The van der Waals surface area contributed by atoms with E-state index in [0.29, 0.717) is 16.0 Å². The van der Waals surface area contributed by atoms with Crippen molar-refractivity contribution in [2.45, 2.75) is 11.4 Å². The average Bonchev–Trinajstić information content (AvgIpc) is 2.86. The van der Waals surface area contributed by atoms with E-state index in [2.05, 4.69) is 20.0 Å². The second-order valence-corrected chi connectivity index (χ2v) is 8.36. The highest BCUT2D eigenvalue weighted by Gasteiger charge is 2.17. The van der Waals surface area contributed by atoms with Crippen molar-refractivity contribution in [3.63, 3.8) is 0 Å². The number of phenols is 1. The third kappa shape index (κ3) is 7.57. The molecular formula is C24H20ClN3O7S. The fourth-order valence-electron chi connectivity index (χ4n) is 2.98. The summed E-state index contributed by atoms with van der Waals surface area (Å²) in [5, 5.41) is 24.0. The Labute approximate surface area is 214 Å². The van der Waals surface area contributed by atoms with Crippen LogP contribution in [0.3, 0.4) is 0 Å². The molecule has 0 aromatic heterocycles. The lowest BCUT2D eigenvalue weighted by molar-refractivity contribution is -0.195. The van der Waals surface area contributed by atoms with E-state index in [0.717, 1.165) is 12.0 Å². The van der Waals surface area contributed by atoms with Crippen LogP contribution in [-0.4, -0.2) is 28.0 Å². The first-order valence-corrected chi connectivity index (χ1v) is 11.3. The van der Waals surface area contributed by atoms with Gasteiger partial charge in [0.15, 0.2) is 0 Å². The second kappa shape index (κ2) is 12.7. The van der Waals surface area contributed by atoms with Crippen molar-refractivity contribution in [1.29, 1.82) is 0 Å². The Bertz CT molecular complexity index is 1300. The van der Waals surface area contributed by atoms with E-state index in [4.69, 9.17) is 17.5 Å². The zero-order valence-electron chi connectivity index (χ0n) is 18.4. The van der Waals surface area contributed by atoms with Crippen molar-refractivity contribution in [1.82, 2.24) is 10.6 Å². The smallest absolute Gasteiger partial charge is 0.352 e. The number of amides is 2. The topological polar surface area (TPSA) is 160 Å². The maximum Gasteiger partial charge on any atom is 0.352 e. The SMILES string of the molecule is NOOSc1ccc(/C=C(\NC(=O)c2ccc(C(=O)NCc3cccc(O)c3)cc2Cl)C(=O)O)cc1. The molecule has 186 valence electrons. The van der Waals surface area contributed by atoms with Gasteiger partial charge in [-0.1, -0.05) is 35.9 Å². The summed E-state index contributed by atoms with van der Waals surface area (Å²) < 4.78 is 4.53. The quantitative estimate of drug-likeness (QED) is 0.114. The Morgan fingerprint density at radius 2 is 1.78 bits per heavy atom. The molecule has 2 amide bonds. The monoisotopic (exact) mass is 529 g/mol. The van der Waals surface area contributed by atoms with Crippen LogP contribution < -0.4 is 16.5 Å². The van der Waals surface area contributed by atoms with Gasteiger partial charge in [-0.05, 0) is 59.7 Å². The molecule has 0 heterocycles. The predicted octanol–water partition coefficient (Wildman–Crippen LogP) is 3.66. The molecule has 3 aromatic carbocycles. The van der Waals surface area contributed by atoms with Crippen LogP contribution in [0.1, 0.15) is 31.8 Å². The Morgan fingerprint density at radius 3 is 2.42 bits per heavy atom. The molecule has 36 heavy (non-hydrogen) atoms. The van der Waals surface area contributed by atoms with Gasteiger partial charge in [-0.25, -0.2) is 4.79 Å². The Morgan fingerprint density at radius 1 is 1.03 bits per heavy atom. The van der Waals surface area contributed by atoms with E-state index >= 15 is 0 Å². The molecular weight excluding hydrogens is 510 g/mol. The van der Waals surface area contributed by atoms with Crippen molar-refractivity contribution in [3.05, 3.63) is 99.7 Å². The Kier molecular flexibility index (Phi) is 9.45. The van der Waals surface area contributed by atoms with Gasteiger partial charge in [0.1, 0.15) is 11.4 Å². The number of nitrogens with one attached hydrogen (secondary N) is 2. The number of benzene rings is 3. The molecule has 0 bridgehead atoms. The van der Waals surface area contributed by atoms with Gasteiger partial charge in [-0.15, -0.1) is 9.32 Å². The number of phenolic OH excluding ortho intramolecular Hbond substituents is 1. The summed E-state index contributed by atoms with van der Waals surface area (Å²) in [5.74, 6) is 2.30. The predicted molar refractivity (Wildman–Crippen MR) is 132 cm³/mol. The van der Waals surface area contributed by atoms with Gasteiger partial charge in [0.25, 0.3) is 11.8 Å². The number of carbonyl (C=O) groups excluding carboxylic acids is 2. The number of aliphatic carboxylic acids is 1. The highest BCUT2D eigenvalue weighted by Crippen LogP contribution is 2.21. The molecule has 3 rings (SSSR count). The number of carboxylic acid groups (broad SMARTS) is 1. The Balaban J connectivity index is 1.68. The van der Waals surface area contributed by atoms with Gasteiger partial charge in [0.05, 0.1) is 22.6 Å². The van der Waals surface area contributed by atoms with Crippen LogP contribution in [0, 0.1) is 0 Å². The summed E-state index contributed by atoms with van der Waals surface area (Å²) in [6, 6.07) is 17.0. The summed E-state index contributed by atoms with van der Waals surface area (Å²) in [6.45, 7) is 0.174. The van der Waals surface area contributed by atoms with Crippen molar-refractivity contribution < 1.29 is 33.9 Å². The van der Waals surface area contributed by atoms with Crippen LogP contribution >= 0.6 is 23.6 Å². The summed E-state index contributed by atoms with van der Waals surface area (Å²) in [5.41, 5.74) is 0.998. The third-order valence-electron chi connectivity index (χ3n) is 4.68. The molecule has 0 saturated heterocycles. The number of nitrogens with two attached hydrogens (primary N) is 1. The molecule has 12 heteroatoms. The zero-order chi connectivity index (χ0) is 26.1. The zero-order valence-corrected chi connectivity index (χ0v) is 20.0. The van der Waals surface area contributed by atoms with E-state index in [1.54, 1.807) is 36.4 Å². The second-order valence-electron chi connectivity index (χ2n) is 7.18. The van der Waals surface area contributed by atoms with Crippen molar-refractivity contribution in [2.75, 3.05) is 0 Å². The van der Waals surface area contributed by atoms with Gasteiger partial charge < -0.3 is 20.8 Å². The van der Waals surface area contributed by atoms with E-state index in [-0.39, 0.29) is 34.1 Å². The van der Waals surface area contributed by atoms with Gasteiger partial charge in [-0.3, -0.25) is 9.59 Å². The van der Waals surface area contributed by atoms with Crippen molar-refractivity contribution >= 4 is 47.5 Å². The molecule has 0 fully saturated rings. The fraction of sp³-hybridized carbons (Fsp3) is 0.0417. The van der Waals surface area contributed by atoms with Crippen LogP contribution in [0.25, 0.3) is 6.08 Å². The molecule has 0 saturated carbocycles. The molecule has 6 N–H and O–H groups in total. The lowest BCUT2D eigenvalue weighted by Crippen LogP contribution is -2.28. The van der Waals surface area contributed by atoms with Crippen LogP contribution in [-0.2, 0) is 20.7 Å². The molecule has 3 aromatic rings. The molecule has 0 spiro atoms. The van der Waals surface area contributed by atoms with Crippen LogP contribution in [0.5, 0.6) is 5.75 Å². The number of halogens is 1. The Hall–Kier alpha value is -3.87. The van der Waals surface area contributed by atoms with E-state index in [9.17, 15) is 24.6 Å². The van der Waals surface area contributed by atoms with Gasteiger partial charge in [-0.2, -0.15) is 5.90 Å². The summed E-state index contributed by atoms with van der Waals surface area (Å²) in [7, 11) is 0. The largest absolute Gasteiger partial charge is 0.508 e. The van der Waals surface area contributed by atoms with Gasteiger partial charge >= 0.3 is 5.97 Å². The van der Waals surface area contributed by atoms with E-state index in [1.807, 2.05) is 0 Å². The van der Waals surface area contributed by atoms with Crippen molar-refractivity contribution in [2.24, 2.45) is 5.90 Å². The minimum Gasteiger partial charge on any atom is -0.508 e. The number of hydrogen-bond donors (Lipinski definition) is 5. The average molecular weight is 530 g/mol. The minimum absolute atomic E-state index is 0.0148. The van der Waals surface area contributed by atoms with Crippen molar-refractivity contribution in [3.8, 4) is 5.75 Å². The highest BCUT2D eigenvalue weighted by molar-refractivity contribution is 7.94. The highest BCUT2D eigenvalue weighted by atomic mass is 35.5. The number of rotatable bonds is 10. The molecule has 0 unspecified atom stereocenters. The van der Waals surface area contributed by atoms with Crippen LogP contribution in [0.2, 0.25) is 5.02 Å².